The molecule has 0 aliphatic heterocycles. The zero-order valence-electron chi connectivity index (χ0n) is 10.7. The molecule has 0 saturated heterocycles. The molecule has 0 aromatic carbocycles. The number of nitrogens with one attached hydrogen (secondary N) is 2. The first-order valence-electron chi connectivity index (χ1n) is 5.71. The molecule has 0 atom stereocenters. The molecule has 2 N–H and O–H groups in total. The number of halogens is 3. The van der Waals surface area contributed by atoms with Crippen LogP contribution in [0.3, 0.4) is 0 Å². The van der Waals surface area contributed by atoms with Crippen molar-refractivity contribution in [1.82, 2.24) is 20.8 Å². The van der Waals surface area contributed by atoms with Gasteiger partial charge < -0.3 is 15.2 Å². The molecule has 0 aliphatic rings. The molecule has 6 nitrogen and oxygen atoms in total. The minimum atomic E-state index is -4.17. The number of nitrogens with zero attached hydrogens (tertiary/aromatic N) is 3. The first kappa shape index (κ1) is 15.3. The highest BCUT2D eigenvalue weighted by molar-refractivity contribution is 5.79. The smallest absolute Gasteiger partial charge is 0.356 e. The minimum Gasteiger partial charge on any atom is -0.356 e. The molecule has 1 aromatic rings. The highest BCUT2D eigenvalue weighted by atomic mass is 19.4. The molecule has 0 bridgehead atoms. The van der Waals surface area contributed by atoms with Gasteiger partial charge >= 0.3 is 6.18 Å². The van der Waals surface area contributed by atoms with Crippen molar-refractivity contribution < 1.29 is 17.7 Å². The largest absolute Gasteiger partial charge is 0.390 e. The van der Waals surface area contributed by atoms with Crippen LogP contribution >= 0.6 is 0 Å². The molecule has 1 aromatic heterocycles. The van der Waals surface area contributed by atoms with Crippen LogP contribution in [0.4, 0.5) is 13.2 Å². The Balaban J connectivity index is 2.22. The Morgan fingerprint density at radius 1 is 1.32 bits per heavy atom. The van der Waals surface area contributed by atoms with Crippen molar-refractivity contribution in [3.05, 3.63) is 11.7 Å². The van der Waals surface area contributed by atoms with Crippen LogP contribution in [0.5, 0.6) is 0 Å². The monoisotopic (exact) mass is 279 g/mol. The molecule has 1 heterocycles. The van der Waals surface area contributed by atoms with E-state index < -0.39 is 12.6 Å². The van der Waals surface area contributed by atoms with Gasteiger partial charge in [0.2, 0.25) is 5.89 Å². The summed E-state index contributed by atoms with van der Waals surface area (Å²) in [6.45, 7) is 1.92. The van der Waals surface area contributed by atoms with Gasteiger partial charge in [-0.15, -0.1) is 0 Å². The molecule has 0 unspecified atom stereocenters. The maximum absolute atomic E-state index is 12.0. The van der Waals surface area contributed by atoms with Gasteiger partial charge in [0.05, 0.1) is 6.42 Å². The number of guanidine groups is 1. The van der Waals surface area contributed by atoms with E-state index >= 15 is 0 Å². The Bertz CT molecular complexity index is 416. The minimum absolute atomic E-state index is 0.219. The van der Waals surface area contributed by atoms with Gasteiger partial charge in [0, 0.05) is 26.6 Å². The third-order valence-corrected chi connectivity index (χ3v) is 2.13. The van der Waals surface area contributed by atoms with Gasteiger partial charge in [-0.25, -0.2) is 0 Å². The van der Waals surface area contributed by atoms with Crippen LogP contribution < -0.4 is 10.6 Å². The van der Waals surface area contributed by atoms with Crippen molar-refractivity contribution in [1.29, 1.82) is 0 Å². The van der Waals surface area contributed by atoms with Crippen molar-refractivity contribution in [3.8, 4) is 0 Å². The second-order valence-corrected chi connectivity index (χ2v) is 3.78. The first-order valence-corrected chi connectivity index (χ1v) is 5.71. The Labute approximate surface area is 108 Å². The van der Waals surface area contributed by atoms with Crippen molar-refractivity contribution in [2.45, 2.75) is 25.9 Å². The number of hydrogen-bond acceptors (Lipinski definition) is 4. The van der Waals surface area contributed by atoms with Gasteiger partial charge in [-0.05, 0) is 6.92 Å². The number of hydrogen-bond donors (Lipinski definition) is 2. The highest BCUT2D eigenvalue weighted by Crippen LogP contribution is 2.17. The normalized spacial score (nSPS) is 12.6. The van der Waals surface area contributed by atoms with Gasteiger partial charge in [0.1, 0.15) is 0 Å². The Hall–Kier alpha value is -1.80. The molecule has 19 heavy (non-hydrogen) atoms. The standard InChI is InChI=1S/C10H16F3N5O/c1-7-17-8(19-18-7)3-5-15-9(14-2)16-6-4-10(11,12)13/h3-6H2,1-2H3,(H2,14,15,16). The number of aliphatic imine (C=N–C) groups is 1. The average Bonchev–Trinajstić information content (AvgIpc) is 2.71. The summed E-state index contributed by atoms with van der Waals surface area (Å²) in [5.74, 6) is 1.32. The summed E-state index contributed by atoms with van der Waals surface area (Å²) >= 11 is 0. The molecular weight excluding hydrogens is 263 g/mol. The van der Waals surface area contributed by atoms with E-state index in [0.29, 0.717) is 30.6 Å². The fourth-order valence-corrected chi connectivity index (χ4v) is 1.27. The van der Waals surface area contributed by atoms with Gasteiger partial charge in [-0.1, -0.05) is 5.16 Å². The molecular formula is C10H16F3N5O. The Morgan fingerprint density at radius 2 is 2.00 bits per heavy atom. The molecule has 0 radical (unpaired) electrons. The van der Waals surface area contributed by atoms with Gasteiger partial charge in [0.15, 0.2) is 11.8 Å². The van der Waals surface area contributed by atoms with E-state index in [1.807, 2.05) is 0 Å². The molecule has 0 saturated carbocycles. The van der Waals surface area contributed by atoms with Crippen molar-refractivity contribution >= 4 is 5.96 Å². The van der Waals surface area contributed by atoms with E-state index in [2.05, 4.69) is 25.8 Å². The van der Waals surface area contributed by atoms with Gasteiger partial charge in [0.25, 0.3) is 0 Å². The molecule has 0 aliphatic carbocycles. The predicted octanol–water partition coefficient (Wildman–Crippen LogP) is 1.04. The van der Waals surface area contributed by atoms with Crippen LogP contribution in [0.1, 0.15) is 18.1 Å². The average molecular weight is 279 g/mol. The molecule has 0 fully saturated rings. The van der Waals surface area contributed by atoms with Crippen LogP contribution in [0.2, 0.25) is 0 Å². The highest BCUT2D eigenvalue weighted by Gasteiger charge is 2.26. The summed E-state index contributed by atoms with van der Waals surface area (Å²) in [5, 5.41) is 9.05. The summed E-state index contributed by atoms with van der Waals surface area (Å²) < 4.78 is 40.8. The van der Waals surface area contributed by atoms with Gasteiger partial charge in [-0.2, -0.15) is 18.2 Å². The number of aromatic nitrogens is 2. The fourth-order valence-electron chi connectivity index (χ4n) is 1.27. The Kier molecular flexibility index (Phi) is 5.58. The van der Waals surface area contributed by atoms with Crippen LogP contribution in [-0.4, -0.2) is 42.4 Å². The van der Waals surface area contributed by atoms with Crippen molar-refractivity contribution in [2.24, 2.45) is 4.99 Å². The second-order valence-electron chi connectivity index (χ2n) is 3.78. The number of aryl methyl sites for hydroxylation is 1. The zero-order chi connectivity index (χ0) is 14.3. The summed E-state index contributed by atoms with van der Waals surface area (Å²) in [4.78, 5) is 7.81. The lowest BCUT2D eigenvalue weighted by Gasteiger charge is -2.12. The van der Waals surface area contributed by atoms with Crippen molar-refractivity contribution in [2.75, 3.05) is 20.1 Å². The van der Waals surface area contributed by atoms with Gasteiger partial charge in [-0.3, -0.25) is 4.99 Å². The maximum Gasteiger partial charge on any atom is 0.390 e. The van der Waals surface area contributed by atoms with E-state index in [0.717, 1.165) is 0 Å². The van der Waals surface area contributed by atoms with Crippen LogP contribution in [0.15, 0.2) is 9.52 Å². The van der Waals surface area contributed by atoms with Crippen LogP contribution in [-0.2, 0) is 6.42 Å². The third kappa shape index (κ3) is 6.63. The van der Waals surface area contributed by atoms with Crippen LogP contribution in [0, 0.1) is 6.92 Å². The summed E-state index contributed by atoms with van der Waals surface area (Å²) in [5.41, 5.74) is 0. The molecule has 9 heteroatoms. The SMILES string of the molecule is CN=C(NCCc1nc(C)no1)NCCC(F)(F)F. The molecule has 0 amide bonds. The number of rotatable bonds is 5. The second kappa shape index (κ2) is 6.95. The Morgan fingerprint density at radius 3 is 2.53 bits per heavy atom. The topological polar surface area (TPSA) is 75.3 Å². The third-order valence-electron chi connectivity index (χ3n) is 2.13. The van der Waals surface area contributed by atoms with E-state index in [-0.39, 0.29) is 6.54 Å². The maximum atomic E-state index is 12.0. The van der Waals surface area contributed by atoms with Crippen LogP contribution in [0.25, 0.3) is 0 Å². The van der Waals surface area contributed by atoms with E-state index in [1.165, 1.54) is 7.05 Å². The van der Waals surface area contributed by atoms with Crippen molar-refractivity contribution in [3.63, 3.8) is 0 Å². The lowest BCUT2D eigenvalue weighted by Crippen LogP contribution is -2.39. The first-order chi connectivity index (χ1) is 8.90. The quantitative estimate of drug-likeness (QED) is 0.622. The fraction of sp³-hybridized carbons (Fsp3) is 0.700. The predicted molar refractivity (Wildman–Crippen MR) is 62.8 cm³/mol. The molecule has 108 valence electrons. The van der Waals surface area contributed by atoms with E-state index in [9.17, 15) is 13.2 Å². The number of alkyl halides is 3. The lowest BCUT2D eigenvalue weighted by atomic mass is 10.4. The molecule has 1 rings (SSSR count). The lowest BCUT2D eigenvalue weighted by molar-refractivity contribution is -0.132. The molecule has 0 spiro atoms. The van der Waals surface area contributed by atoms with E-state index in [4.69, 9.17) is 4.52 Å². The summed E-state index contributed by atoms with van der Waals surface area (Å²) in [7, 11) is 1.49. The van der Waals surface area contributed by atoms with E-state index in [1.54, 1.807) is 6.92 Å². The zero-order valence-corrected chi connectivity index (χ0v) is 10.7. The summed E-state index contributed by atoms with van der Waals surface area (Å²) in [6, 6.07) is 0. The summed E-state index contributed by atoms with van der Waals surface area (Å²) in [6.07, 6.45) is -4.61.